The number of hydrogen-bond acceptors (Lipinski definition) is 4. The van der Waals surface area contributed by atoms with Gasteiger partial charge >= 0.3 is 0 Å². The predicted octanol–water partition coefficient (Wildman–Crippen LogP) is 2.41. The highest BCUT2D eigenvalue weighted by molar-refractivity contribution is 5.47. The Morgan fingerprint density at radius 1 is 1.05 bits per heavy atom. The minimum absolute atomic E-state index is 0.551. The molecule has 0 amide bonds. The van der Waals surface area contributed by atoms with Crippen LogP contribution in [0.15, 0.2) is 12.1 Å². The lowest BCUT2D eigenvalue weighted by Crippen LogP contribution is -2.31. The van der Waals surface area contributed by atoms with Crippen LogP contribution in [0, 0.1) is 6.92 Å². The molecule has 0 aromatic carbocycles. The van der Waals surface area contributed by atoms with Gasteiger partial charge in [-0.3, -0.25) is 0 Å². The van der Waals surface area contributed by atoms with E-state index in [4.69, 9.17) is 5.73 Å². The summed E-state index contributed by atoms with van der Waals surface area (Å²) in [7, 11) is 0. The van der Waals surface area contributed by atoms with Gasteiger partial charge in [-0.05, 0) is 46.0 Å². The molecule has 1 heterocycles. The first-order valence-corrected chi connectivity index (χ1v) is 7.80. The largest absolute Gasteiger partial charge is 0.357 e. The van der Waals surface area contributed by atoms with Gasteiger partial charge in [-0.2, -0.15) is 0 Å². The molecule has 0 radical (unpaired) electrons. The molecule has 2 N–H and O–H groups in total. The van der Waals surface area contributed by atoms with Gasteiger partial charge in [-0.25, -0.2) is 4.98 Å². The molecule has 0 aliphatic heterocycles. The summed E-state index contributed by atoms with van der Waals surface area (Å²) in [5.41, 5.74) is 8.03. The zero-order valence-corrected chi connectivity index (χ0v) is 13.5. The highest BCUT2D eigenvalue weighted by Gasteiger charge is 2.11. The summed E-state index contributed by atoms with van der Waals surface area (Å²) < 4.78 is 0. The van der Waals surface area contributed by atoms with Gasteiger partial charge < -0.3 is 15.5 Å². The number of nitrogens with zero attached hydrogens (tertiary/aromatic N) is 3. The van der Waals surface area contributed by atoms with Gasteiger partial charge in [0, 0.05) is 30.9 Å². The van der Waals surface area contributed by atoms with E-state index in [9.17, 15) is 0 Å². The van der Waals surface area contributed by atoms with E-state index in [0.717, 1.165) is 56.2 Å². The van der Waals surface area contributed by atoms with Crippen LogP contribution in [-0.2, 0) is 6.54 Å². The maximum absolute atomic E-state index is 5.84. The summed E-state index contributed by atoms with van der Waals surface area (Å²) in [6.07, 6.45) is 1.16. The summed E-state index contributed by atoms with van der Waals surface area (Å²) in [6, 6.07) is 4.14. The fraction of sp³-hybridized carbons (Fsp3) is 0.688. The lowest BCUT2D eigenvalue weighted by atomic mass is 10.2. The van der Waals surface area contributed by atoms with Crippen LogP contribution in [0.5, 0.6) is 0 Å². The highest BCUT2D eigenvalue weighted by Crippen LogP contribution is 2.18. The molecule has 0 aliphatic carbocycles. The maximum atomic E-state index is 5.84. The number of anilines is 1. The standard InChI is InChI=1S/C16H30N4/c1-5-19(6-2)11-8-12-20(7-3)16-15(13-17)10-9-14(4)18-16/h9-10H,5-8,11-13,17H2,1-4H3. The normalized spacial score (nSPS) is 11.1. The SMILES string of the molecule is CCN(CC)CCCN(CC)c1nc(C)ccc1CN. The van der Waals surface area contributed by atoms with E-state index in [1.165, 1.54) is 0 Å². The molecule has 0 saturated heterocycles. The van der Waals surface area contributed by atoms with Crippen molar-refractivity contribution in [3.8, 4) is 0 Å². The predicted molar refractivity (Wildman–Crippen MR) is 87.2 cm³/mol. The molecule has 1 aromatic heterocycles. The van der Waals surface area contributed by atoms with E-state index in [0.29, 0.717) is 6.54 Å². The second-order valence-electron chi connectivity index (χ2n) is 5.10. The Bertz CT molecular complexity index is 388. The van der Waals surface area contributed by atoms with Gasteiger partial charge in [0.05, 0.1) is 0 Å². The van der Waals surface area contributed by atoms with Crippen LogP contribution in [0.1, 0.15) is 38.4 Å². The molecule has 0 saturated carbocycles. The summed E-state index contributed by atoms with van der Waals surface area (Å²) >= 11 is 0. The zero-order chi connectivity index (χ0) is 15.0. The zero-order valence-electron chi connectivity index (χ0n) is 13.5. The average Bonchev–Trinajstić information content (AvgIpc) is 2.47. The van der Waals surface area contributed by atoms with Crippen molar-refractivity contribution in [2.75, 3.05) is 37.6 Å². The van der Waals surface area contributed by atoms with Crippen LogP contribution in [-0.4, -0.2) is 42.6 Å². The summed E-state index contributed by atoms with van der Waals surface area (Å²) in [5, 5.41) is 0. The number of aromatic nitrogens is 1. The van der Waals surface area contributed by atoms with Gasteiger partial charge in [-0.15, -0.1) is 0 Å². The lowest BCUT2D eigenvalue weighted by Gasteiger charge is -2.26. The van der Waals surface area contributed by atoms with E-state index >= 15 is 0 Å². The fourth-order valence-corrected chi connectivity index (χ4v) is 2.44. The van der Waals surface area contributed by atoms with Crippen molar-refractivity contribution >= 4 is 5.82 Å². The molecule has 114 valence electrons. The number of nitrogens with two attached hydrogens (primary N) is 1. The lowest BCUT2D eigenvalue weighted by molar-refractivity contribution is 0.300. The van der Waals surface area contributed by atoms with E-state index < -0.39 is 0 Å². The first kappa shape index (κ1) is 16.9. The Morgan fingerprint density at radius 2 is 1.75 bits per heavy atom. The Morgan fingerprint density at radius 3 is 2.30 bits per heavy atom. The minimum Gasteiger partial charge on any atom is -0.357 e. The van der Waals surface area contributed by atoms with Crippen molar-refractivity contribution in [3.63, 3.8) is 0 Å². The van der Waals surface area contributed by atoms with Crippen LogP contribution >= 0.6 is 0 Å². The fourth-order valence-electron chi connectivity index (χ4n) is 2.44. The molecule has 0 fully saturated rings. The van der Waals surface area contributed by atoms with Gasteiger partial charge in [0.15, 0.2) is 0 Å². The van der Waals surface area contributed by atoms with Crippen molar-refractivity contribution in [2.45, 2.75) is 40.7 Å². The summed E-state index contributed by atoms with van der Waals surface area (Å²) in [5.74, 6) is 1.06. The third-order valence-corrected chi connectivity index (χ3v) is 3.79. The Labute approximate surface area is 124 Å². The van der Waals surface area contributed by atoms with Crippen LogP contribution < -0.4 is 10.6 Å². The van der Waals surface area contributed by atoms with E-state index in [1.807, 2.05) is 13.0 Å². The van der Waals surface area contributed by atoms with Crippen molar-refractivity contribution in [1.29, 1.82) is 0 Å². The van der Waals surface area contributed by atoms with Gasteiger partial charge in [-0.1, -0.05) is 19.9 Å². The maximum Gasteiger partial charge on any atom is 0.133 e. The molecule has 0 spiro atoms. The van der Waals surface area contributed by atoms with E-state index in [1.54, 1.807) is 0 Å². The number of pyridine rings is 1. The van der Waals surface area contributed by atoms with Crippen molar-refractivity contribution in [3.05, 3.63) is 23.4 Å². The number of rotatable bonds is 9. The van der Waals surface area contributed by atoms with E-state index in [2.05, 4.69) is 41.6 Å². The van der Waals surface area contributed by atoms with Crippen LogP contribution in [0.3, 0.4) is 0 Å². The second kappa shape index (κ2) is 8.93. The summed E-state index contributed by atoms with van der Waals surface area (Å²) in [6.45, 7) is 14.6. The molecule has 0 bridgehead atoms. The third-order valence-electron chi connectivity index (χ3n) is 3.79. The van der Waals surface area contributed by atoms with Crippen molar-refractivity contribution in [2.24, 2.45) is 5.73 Å². The first-order valence-electron chi connectivity index (χ1n) is 7.80. The van der Waals surface area contributed by atoms with Gasteiger partial charge in [0.2, 0.25) is 0 Å². The average molecular weight is 278 g/mol. The van der Waals surface area contributed by atoms with Crippen LogP contribution in [0.2, 0.25) is 0 Å². The Balaban J connectivity index is 2.68. The van der Waals surface area contributed by atoms with Gasteiger partial charge in [0.1, 0.15) is 5.82 Å². The third kappa shape index (κ3) is 4.76. The van der Waals surface area contributed by atoms with Crippen molar-refractivity contribution in [1.82, 2.24) is 9.88 Å². The molecule has 1 rings (SSSR count). The van der Waals surface area contributed by atoms with Crippen LogP contribution in [0.25, 0.3) is 0 Å². The summed E-state index contributed by atoms with van der Waals surface area (Å²) in [4.78, 5) is 9.49. The molecule has 0 unspecified atom stereocenters. The molecular weight excluding hydrogens is 248 g/mol. The van der Waals surface area contributed by atoms with E-state index in [-0.39, 0.29) is 0 Å². The Kier molecular flexibility index (Phi) is 7.55. The molecule has 0 aliphatic rings. The quantitative estimate of drug-likeness (QED) is 0.753. The molecule has 1 aromatic rings. The van der Waals surface area contributed by atoms with Crippen molar-refractivity contribution < 1.29 is 0 Å². The monoisotopic (exact) mass is 278 g/mol. The smallest absolute Gasteiger partial charge is 0.133 e. The second-order valence-corrected chi connectivity index (χ2v) is 5.10. The molecule has 4 heteroatoms. The molecule has 0 atom stereocenters. The topological polar surface area (TPSA) is 45.4 Å². The number of aryl methyl sites for hydroxylation is 1. The van der Waals surface area contributed by atoms with Crippen LogP contribution in [0.4, 0.5) is 5.82 Å². The molecule has 20 heavy (non-hydrogen) atoms. The highest BCUT2D eigenvalue weighted by atomic mass is 15.2. The number of hydrogen-bond donors (Lipinski definition) is 1. The first-order chi connectivity index (χ1) is 9.65. The Hall–Kier alpha value is -1.13. The van der Waals surface area contributed by atoms with Gasteiger partial charge in [0.25, 0.3) is 0 Å². The molecular formula is C16H30N4. The minimum atomic E-state index is 0.551. The molecule has 4 nitrogen and oxygen atoms in total.